The van der Waals surface area contributed by atoms with E-state index in [2.05, 4.69) is 6.92 Å². The predicted octanol–water partition coefficient (Wildman–Crippen LogP) is 6.83. The summed E-state index contributed by atoms with van der Waals surface area (Å²) in [6, 6.07) is 0. The molecule has 1 aromatic rings. The quantitative estimate of drug-likeness (QED) is 0.0949. The lowest BCUT2D eigenvalue weighted by Crippen LogP contribution is -2.45. The van der Waals surface area contributed by atoms with Crippen LogP contribution in [0.25, 0.3) is 0 Å². The normalized spacial score (nSPS) is 12.8. The summed E-state index contributed by atoms with van der Waals surface area (Å²) in [5.41, 5.74) is 0.200. The van der Waals surface area contributed by atoms with E-state index in [1.54, 1.807) is 13.8 Å². The molecule has 0 fully saturated rings. The van der Waals surface area contributed by atoms with Crippen LogP contribution in [0.15, 0.2) is 9.59 Å². The summed E-state index contributed by atoms with van der Waals surface area (Å²) < 4.78 is 24.5. The largest absolute Gasteiger partial charge is 0.367 e. The third-order valence-corrected chi connectivity index (χ3v) is 8.03. The first-order chi connectivity index (χ1) is 19.1. The van der Waals surface area contributed by atoms with Gasteiger partial charge >= 0.3 is 13.3 Å². The Morgan fingerprint density at radius 1 is 0.775 bits per heavy atom. The fraction of sp³-hybridized carbons (Fsp3) is 0.867. The fourth-order valence-electron chi connectivity index (χ4n) is 5.16. The summed E-state index contributed by atoms with van der Waals surface area (Å²) in [7, 11) is -4.28. The minimum Gasteiger partial charge on any atom is -0.367 e. The number of hydrogen-bond acceptors (Lipinski definition) is 5. The van der Waals surface area contributed by atoms with E-state index < -0.39 is 25.9 Å². The van der Waals surface area contributed by atoms with Gasteiger partial charge in [0.05, 0.1) is 13.2 Å². The van der Waals surface area contributed by atoms with Crippen LogP contribution < -0.4 is 11.2 Å². The molecular weight excluding hydrogens is 531 g/mol. The van der Waals surface area contributed by atoms with E-state index in [0.717, 1.165) is 17.4 Å². The maximum Gasteiger partial charge on any atom is 0.350 e. The SMILES string of the molecule is CCCCCCCCCCCCCCCCCCOC(C)n1c(=O)c(C)c(CC)n(CCOCP(=O)(O)O)c1=O. The van der Waals surface area contributed by atoms with Crippen LogP contribution in [-0.2, 0) is 27.0 Å². The average Bonchev–Trinajstić information content (AvgIpc) is 2.90. The van der Waals surface area contributed by atoms with E-state index in [9.17, 15) is 14.2 Å². The number of rotatable bonds is 25. The summed E-state index contributed by atoms with van der Waals surface area (Å²) >= 11 is 0. The van der Waals surface area contributed by atoms with E-state index in [0.29, 0.717) is 24.3 Å². The summed E-state index contributed by atoms with van der Waals surface area (Å²) in [6.45, 7) is 8.03. The molecule has 234 valence electrons. The second-order valence-corrected chi connectivity index (χ2v) is 12.6. The van der Waals surface area contributed by atoms with Crippen molar-refractivity contribution in [1.82, 2.24) is 9.13 Å². The Morgan fingerprint density at radius 3 is 1.70 bits per heavy atom. The van der Waals surface area contributed by atoms with Gasteiger partial charge in [-0.25, -0.2) is 9.36 Å². The molecule has 1 heterocycles. The smallest absolute Gasteiger partial charge is 0.350 e. The topological polar surface area (TPSA) is 120 Å². The first kappa shape index (κ1) is 36.8. The Kier molecular flexibility index (Phi) is 19.7. The van der Waals surface area contributed by atoms with Crippen LogP contribution in [0, 0.1) is 6.92 Å². The van der Waals surface area contributed by atoms with Gasteiger partial charge in [-0.15, -0.1) is 0 Å². The minimum atomic E-state index is -4.28. The number of unbranched alkanes of at least 4 members (excludes halogenated alkanes) is 15. The molecule has 10 heteroatoms. The number of nitrogens with zero attached hydrogens (tertiary/aromatic N) is 2. The van der Waals surface area contributed by atoms with Gasteiger partial charge in [0, 0.05) is 17.9 Å². The van der Waals surface area contributed by atoms with Crippen LogP contribution in [0.2, 0.25) is 0 Å². The fourth-order valence-corrected chi connectivity index (χ4v) is 5.53. The summed E-state index contributed by atoms with van der Waals surface area (Å²) in [4.78, 5) is 44.0. The molecule has 9 nitrogen and oxygen atoms in total. The highest BCUT2D eigenvalue weighted by Crippen LogP contribution is 2.33. The second-order valence-electron chi connectivity index (χ2n) is 11.0. The van der Waals surface area contributed by atoms with Crippen molar-refractivity contribution in [2.24, 2.45) is 0 Å². The minimum absolute atomic E-state index is 0.0515. The van der Waals surface area contributed by atoms with Crippen LogP contribution in [0.3, 0.4) is 0 Å². The van der Waals surface area contributed by atoms with Crippen molar-refractivity contribution in [2.75, 3.05) is 19.6 Å². The zero-order valence-corrected chi connectivity index (χ0v) is 26.6. The average molecular weight is 589 g/mol. The van der Waals surface area contributed by atoms with Gasteiger partial charge in [-0.3, -0.25) is 13.9 Å². The molecule has 0 spiro atoms. The Balaban J connectivity index is 2.31. The van der Waals surface area contributed by atoms with Gasteiger partial charge in [-0.1, -0.05) is 110 Å². The number of ether oxygens (including phenoxy) is 2. The lowest BCUT2D eigenvalue weighted by atomic mass is 10.0. The molecule has 1 unspecified atom stereocenters. The van der Waals surface area contributed by atoms with Gasteiger partial charge in [0.1, 0.15) is 12.6 Å². The Bertz CT molecular complexity index is 970. The van der Waals surface area contributed by atoms with Gasteiger partial charge < -0.3 is 19.3 Å². The van der Waals surface area contributed by atoms with Gasteiger partial charge in [-0.2, -0.15) is 0 Å². The highest BCUT2D eigenvalue weighted by Gasteiger charge is 2.20. The lowest BCUT2D eigenvalue weighted by molar-refractivity contribution is 0.00719. The Morgan fingerprint density at radius 2 is 1.25 bits per heavy atom. The molecule has 0 saturated heterocycles. The van der Waals surface area contributed by atoms with Crippen LogP contribution in [-0.4, -0.2) is 38.5 Å². The Labute approximate surface area is 241 Å². The van der Waals surface area contributed by atoms with E-state index in [-0.39, 0.29) is 18.7 Å². The van der Waals surface area contributed by atoms with E-state index in [1.807, 2.05) is 6.92 Å². The highest BCUT2D eigenvalue weighted by molar-refractivity contribution is 7.51. The number of hydrogen-bond donors (Lipinski definition) is 2. The second kappa shape index (κ2) is 21.5. The van der Waals surface area contributed by atoms with Crippen molar-refractivity contribution in [2.45, 2.75) is 150 Å². The van der Waals surface area contributed by atoms with Gasteiger partial charge in [-0.05, 0) is 26.7 Å². The van der Waals surface area contributed by atoms with Crippen molar-refractivity contribution in [1.29, 1.82) is 0 Å². The summed E-state index contributed by atoms with van der Waals surface area (Å²) in [5.74, 6) is 0. The predicted molar refractivity (Wildman–Crippen MR) is 162 cm³/mol. The van der Waals surface area contributed by atoms with E-state index >= 15 is 0 Å². The van der Waals surface area contributed by atoms with Gasteiger partial charge in [0.15, 0.2) is 0 Å². The molecule has 0 radical (unpaired) electrons. The zero-order chi connectivity index (χ0) is 29.8. The van der Waals surface area contributed by atoms with Gasteiger partial charge in [0.2, 0.25) is 0 Å². The molecule has 0 aliphatic carbocycles. The standard InChI is InChI=1S/C30H57N2O7P/c1-5-7-8-9-10-11-12-13-14-15-16-17-18-19-20-21-23-39-27(4)32-29(33)26(3)28(6-2)31(30(32)34)22-24-38-25-40(35,36)37/h27H,5-25H2,1-4H3,(H2,35,36,37). The highest BCUT2D eigenvalue weighted by atomic mass is 31.2. The molecule has 0 bridgehead atoms. The first-order valence-electron chi connectivity index (χ1n) is 15.7. The Hall–Kier alpha value is -1.25. The first-order valence-corrected chi connectivity index (χ1v) is 17.5. The molecule has 2 N–H and O–H groups in total. The van der Waals surface area contributed by atoms with E-state index in [1.165, 1.54) is 94.5 Å². The van der Waals surface area contributed by atoms with Crippen molar-refractivity contribution in [3.8, 4) is 0 Å². The molecular formula is C30H57N2O7P. The van der Waals surface area contributed by atoms with Crippen LogP contribution in [0.5, 0.6) is 0 Å². The molecule has 0 amide bonds. The molecule has 0 aromatic carbocycles. The monoisotopic (exact) mass is 588 g/mol. The van der Waals surface area contributed by atoms with Crippen LogP contribution in [0.1, 0.15) is 141 Å². The zero-order valence-electron chi connectivity index (χ0n) is 25.7. The summed E-state index contributed by atoms with van der Waals surface area (Å²) in [6.07, 6.45) is 19.8. The van der Waals surface area contributed by atoms with Crippen molar-refractivity contribution in [3.05, 3.63) is 32.1 Å². The molecule has 0 aliphatic heterocycles. The third-order valence-electron chi connectivity index (χ3n) is 7.51. The molecule has 1 atom stereocenters. The lowest BCUT2D eigenvalue weighted by Gasteiger charge is -2.21. The maximum atomic E-state index is 13.2. The third kappa shape index (κ3) is 15.1. The maximum absolute atomic E-state index is 13.2. The molecule has 1 rings (SSSR count). The number of aromatic nitrogens is 2. The van der Waals surface area contributed by atoms with Crippen molar-refractivity contribution >= 4 is 7.60 Å². The van der Waals surface area contributed by atoms with Crippen molar-refractivity contribution in [3.63, 3.8) is 0 Å². The van der Waals surface area contributed by atoms with Crippen molar-refractivity contribution < 1.29 is 23.8 Å². The molecule has 0 aliphatic rings. The van der Waals surface area contributed by atoms with Crippen LogP contribution in [0.4, 0.5) is 0 Å². The molecule has 40 heavy (non-hydrogen) atoms. The van der Waals surface area contributed by atoms with E-state index in [4.69, 9.17) is 19.3 Å². The molecule has 1 aromatic heterocycles. The molecule has 0 saturated carbocycles. The van der Waals surface area contributed by atoms with Crippen LogP contribution >= 0.6 is 7.60 Å². The summed E-state index contributed by atoms with van der Waals surface area (Å²) in [5, 5.41) is 0. The van der Waals surface area contributed by atoms with Gasteiger partial charge in [0.25, 0.3) is 5.56 Å².